The predicted octanol–water partition coefficient (Wildman–Crippen LogP) is 3.91. The number of rotatable bonds is 4. The number of halogens is 1. The Balaban J connectivity index is 0.00000205. The minimum Gasteiger partial charge on any atom is -1.00 e. The Kier molecular flexibility index (Phi) is 5.89. The molecule has 0 saturated heterocycles. The molecule has 0 bridgehead atoms. The lowest BCUT2D eigenvalue weighted by Gasteiger charge is -2.13. The number of hydrogen-bond donors (Lipinski definition) is 0. The lowest BCUT2D eigenvalue weighted by atomic mass is 9.92. The van der Waals surface area contributed by atoms with Gasteiger partial charge in [-0.05, 0) is 79.6 Å². The van der Waals surface area contributed by atoms with Gasteiger partial charge in [0, 0.05) is 15.8 Å². The third-order valence-electron chi connectivity index (χ3n) is 5.47. The van der Waals surface area contributed by atoms with E-state index in [1.54, 1.807) is 0 Å². The van der Waals surface area contributed by atoms with Crippen molar-refractivity contribution in [2.45, 2.75) is 32.6 Å². The standard InChI is InChI=1S/C25H23NOS.ClH/c1-2-27-19-14-12-18(13-15-19)22-16-21(17-8-4-3-5-9-17)24-20-10-6-7-11-23(20)28-25(24)26-22;/h3-5,8-9,12-16H,2,6-7,10-11H2,1H3;1H/p-1. The van der Waals surface area contributed by atoms with Gasteiger partial charge in [-0.1, -0.05) is 30.3 Å². The van der Waals surface area contributed by atoms with Crippen LogP contribution >= 0.6 is 11.3 Å². The van der Waals surface area contributed by atoms with E-state index in [1.807, 2.05) is 30.4 Å². The van der Waals surface area contributed by atoms with E-state index in [2.05, 4.69) is 48.5 Å². The molecule has 0 radical (unpaired) electrons. The van der Waals surface area contributed by atoms with Crippen LogP contribution < -0.4 is 17.1 Å². The smallest absolute Gasteiger partial charge is 0.125 e. The number of fused-ring (bicyclic) bond motifs is 3. The second kappa shape index (κ2) is 8.56. The molecule has 0 aliphatic heterocycles. The maximum Gasteiger partial charge on any atom is 0.125 e. The minimum atomic E-state index is 0. The first-order chi connectivity index (χ1) is 13.8. The molecule has 4 aromatic rings. The highest BCUT2D eigenvalue weighted by molar-refractivity contribution is 7.19. The van der Waals surface area contributed by atoms with E-state index < -0.39 is 0 Å². The number of thiophene rings is 1. The Bertz CT molecular complexity index is 1120. The van der Waals surface area contributed by atoms with E-state index in [4.69, 9.17) is 9.72 Å². The number of ether oxygens (including phenoxy) is 1. The van der Waals surface area contributed by atoms with Crippen LogP contribution in [0.15, 0.2) is 60.7 Å². The summed E-state index contributed by atoms with van der Waals surface area (Å²) >= 11 is 1.89. The van der Waals surface area contributed by atoms with Crippen LogP contribution in [0, 0.1) is 0 Å². The van der Waals surface area contributed by atoms with Gasteiger partial charge in [0.05, 0.1) is 12.3 Å². The molecular formula is C25H23ClNOS-. The highest BCUT2D eigenvalue weighted by atomic mass is 35.5. The Morgan fingerprint density at radius 3 is 2.45 bits per heavy atom. The molecule has 2 heterocycles. The summed E-state index contributed by atoms with van der Waals surface area (Å²) in [6.45, 7) is 2.69. The molecule has 0 spiro atoms. The van der Waals surface area contributed by atoms with Crippen LogP contribution in [0.2, 0.25) is 0 Å². The van der Waals surface area contributed by atoms with Gasteiger partial charge in [-0.3, -0.25) is 0 Å². The zero-order valence-corrected chi connectivity index (χ0v) is 18.0. The average Bonchev–Trinajstić information content (AvgIpc) is 3.13. The van der Waals surface area contributed by atoms with Crippen molar-refractivity contribution in [2.75, 3.05) is 6.61 Å². The summed E-state index contributed by atoms with van der Waals surface area (Å²) in [6, 6.07) is 21.3. The highest BCUT2D eigenvalue weighted by Gasteiger charge is 2.21. The van der Waals surface area contributed by atoms with Gasteiger partial charge >= 0.3 is 0 Å². The summed E-state index contributed by atoms with van der Waals surface area (Å²) in [5.41, 5.74) is 6.29. The molecule has 1 aliphatic rings. The van der Waals surface area contributed by atoms with E-state index in [1.165, 1.54) is 57.5 Å². The third kappa shape index (κ3) is 3.77. The van der Waals surface area contributed by atoms with Crippen molar-refractivity contribution in [1.82, 2.24) is 4.98 Å². The van der Waals surface area contributed by atoms with E-state index in [-0.39, 0.29) is 12.4 Å². The van der Waals surface area contributed by atoms with Gasteiger partial charge in [-0.15, -0.1) is 11.3 Å². The summed E-state index contributed by atoms with van der Waals surface area (Å²) in [5, 5.41) is 1.38. The molecular weight excluding hydrogens is 398 g/mol. The van der Waals surface area contributed by atoms with Crippen molar-refractivity contribution in [3.8, 4) is 28.1 Å². The van der Waals surface area contributed by atoms with Crippen LogP contribution in [0.1, 0.15) is 30.2 Å². The molecule has 0 fully saturated rings. The van der Waals surface area contributed by atoms with Crippen molar-refractivity contribution in [1.29, 1.82) is 0 Å². The van der Waals surface area contributed by atoms with Crippen LogP contribution in [0.25, 0.3) is 32.6 Å². The van der Waals surface area contributed by atoms with Crippen molar-refractivity contribution < 1.29 is 17.1 Å². The van der Waals surface area contributed by atoms with Gasteiger partial charge in [-0.25, -0.2) is 4.98 Å². The van der Waals surface area contributed by atoms with Crippen LogP contribution in [-0.4, -0.2) is 11.6 Å². The predicted molar refractivity (Wildman–Crippen MR) is 118 cm³/mol. The maximum atomic E-state index is 5.60. The number of hydrogen-bond acceptors (Lipinski definition) is 3. The van der Waals surface area contributed by atoms with E-state index >= 15 is 0 Å². The van der Waals surface area contributed by atoms with E-state index in [0.29, 0.717) is 6.61 Å². The molecule has 29 heavy (non-hydrogen) atoms. The van der Waals surface area contributed by atoms with Gasteiger partial charge in [0.25, 0.3) is 0 Å². The highest BCUT2D eigenvalue weighted by Crippen LogP contribution is 2.42. The molecule has 1 aliphatic carbocycles. The van der Waals surface area contributed by atoms with E-state index in [9.17, 15) is 0 Å². The number of aryl methyl sites for hydroxylation is 2. The first-order valence-electron chi connectivity index (χ1n) is 10.1. The van der Waals surface area contributed by atoms with Gasteiger partial charge in [-0.2, -0.15) is 0 Å². The fraction of sp³-hybridized carbons (Fsp3) is 0.240. The fourth-order valence-corrected chi connectivity index (χ4v) is 5.43. The molecule has 0 saturated carbocycles. The first kappa shape index (κ1) is 19.9. The second-order valence-electron chi connectivity index (χ2n) is 7.27. The van der Waals surface area contributed by atoms with Gasteiger partial charge in [0.2, 0.25) is 0 Å². The number of benzene rings is 2. The topological polar surface area (TPSA) is 22.1 Å². The molecule has 2 aromatic heterocycles. The van der Waals surface area contributed by atoms with Gasteiger partial charge in [0.15, 0.2) is 0 Å². The van der Waals surface area contributed by atoms with E-state index in [0.717, 1.165) is 17.0 Å². The molecule has 2 nitrogen and oxygen atoms in total. The SMILES string of the molecule is CCOc1ccc(-c2cc(-c3ccccc3)c3c4c(sc3n2)CCCC4)cc1.[Cl-]. The zero-order valence-electron chi connectivity index (χ0n) is 16.5. The summed E-state index contributed by atoms with van der Waals surface area (Å²) in [5.74, 6) is 0.905. The third-order valence-corrected chi connectivity index (χ3v) is 6.66. The Morgan fingerprint density at radius 2 is 1.69 bits per heavy atom. The van der Waals surface area contributed by atoms with Crippen LogP contribution in [0.4, 0.5) is 0 Å². The Labute approximate surface area is 182 Å². The molecule has 4 heteroatoms. The first-order valence-corrected chi connectivity index (χ1v) is 10.9. The molecule has 0 atom stereocenters. The average molecular weight is 421 g/mol. The minimum absolute atomic E-state index is 0. The normalized spacial score (nSPS) is 13.0. The van der Waals surface area contributed by atoms with Gasteiger partial charge < -0.3 is 17.1 Å². The Hall–Kier alpha value is -2.36. The second-order valence-corrected chi connectivity index (χ2v) is 8.35. The van der Waals surface area contributed by atoms with Crippen LogP contribution in [0.5, 0.6) is 5.75 Å². The molecule has 5 rings (SSSR count). The molecule has 0 N–H and O–H groups in total. The summed E-state index contributed by atoms with van der Waals surface area (Å²) in [4.78, 5) is 7.80. The number of aromatic nitrogens is 1. The van der Waals surface area contributed by atoms with Crippen molar-refractivity contribution >= 4 is 21.6 Å². The maximum absolute atomic E-state index is 5.60. The summed E-state index contributed by atoms with van der Waals surface area (Å²) < 4.78 is 5.60. The van der Waals surface area contributed by atoms with Gasteiger partial charge in [0.1, 0.15) is 10.6 Å². The number of nitrogens with zero attached hydrogens (tertiary/aromatic N) is 1. The number of pyridine rings is 1. The lowest BCUT2D eigenvalue weighted by molar-refractivity contribution is -0.00000600. The monoisotopic (exact) mass is 420 g/mol. The largest absolute Gasteiger partial charge is 1.00 e. The molecule has 2 aromatic carbocycles. The van der Waals surface area contributed by atoms with Crippen molar-refractivity contribution in [3.63, 3.8) is 0 Å². The van der Waals surface area contributed by atoms with Crippen molar-refractivity contribution in [3.05, 3.63) is 71.1 Å². The van der Waals surface area contributed by atoms with Crippen LogP contribution in [-0.2, 0) is 12.8 Å². The fourth-order valence-electron chi connectivity index (χ4n) is 4.14. The van der Waals surface area contributed by atoms with Crippen LogP contribution in [0.3, 0.4) is 0 Å². The lowest BCUT2D eigenvalue weighted by Crippen LogP contribution is -3.00. The van der Waals surface area contributed by atoms with Crippen molar-refractivity contribution in [2.24, 2.45) is 0 Å². The molecule has 0 amide bonds. The molecule has 0 unspecified atom stereocenters. The molecule has 148 valence electrons. The zero-order chi connectivity index (χ0) is 18.9. The summed E-state index contributed by atoms with van der Waals surface area (Å²) in [7, 11) is 0. The Morgan fingerprint density at radius 1 is 0.931 bits per heavy atom. The summed E-state index contributed by atoms with van der Waals surface area (Å²) in [6.07, 6.45) is 4.96. The quantitative estimate of drug-likeness (QED) is 0.499.